The van der Waals surface area contributed by atoms with Crippen molar-refractivity contribution in [3.63, 3.8) is 0 Å². The molecule has 1 unspecified atom stereocenters. The molecule has 122 valence electrons. The maximum absolute atomic E-state index is 12.4. The summed E-state index contributed by atoms with van der Waals surface area (Å²) in [6.07, 6.45) is 5.42. The van der Waals surface area contributed by atoms with Gasteiger partial charge in [-0.05, 0) is 19.1 Å². The number of hydrogen-bond donors (Lipinski definition) is 1. The highest BCUT2D eigenvalue weighted by molar-refractivity contribution is 5.74. The summed E-state index contributed by atoms with van der Waals surface area (Å²) in [7, 11) is 0. The summed E-state index contributed by atoms with van der Waals surface area (Å²) >= 11 is 0. The third-order valence-corrected chi connectivity index (χ3v) is 4.10. The minimum Gasteiger partial charge on any atom is -0.368 e. The van der Waals surface area contributed by atoms with Gasteiger partial charge in [-0.3, -0.25) is 0 Å². The summed E-state index contributed by atoms with van der Waals surface area (Å²) in [6, 6.07) is 10.4. The van der Waals surface area contributed by atoms with Crippen molar-refractivity contribution in [2.45, 2.75) is 19.5 Å². The van der Waals surface area contributed by atoms with Gasteiger partial charge in [0.15, 0.2) is 0 Å². The average Bonchev–Trinajstić information content (AvgIpc) is 3.08. The van der Waals surface area contributed by atoms with Crippen LogP contribution in [0, 0.1) is 0 Å². The van der Waals surface area contributed by atoms with Gasteiger partial charge in [-0.2, -0.15) is 0 Å². The molecular formula is C17H23N5O. The van der Waals surface area contributed by atoms with Gasteiger partial charge in [0.25, 0.3) is 0 Å². The van der Waals surface area contributed by atoms with Gasteiger partial charge >= 0.3 is 6.03 Å². The van der Waals surface area contributed by atoms with Crippen LogP contribution in [0.25, 0.3) is 0 Å². The lowest BCUT2D eigenvalue weighted by atomic mass is 10.2. The van der Waals surface area contributed by atoms with Crippen LogP contribution in [0.3, 0.4) is 0 Å². The molecule has 1 N–H and O–H groups in total. The lowest BCUT2D eigenvalue weighted by molar-refractivity contribution is 0.190. The average molecular weight is 313 g/mol. The molecule has 1 aliphatic rings. The van der Waals surface area contributed by atoms with Crippen LogP contribution in [-0.2, 0) is 6.54 Å². The predicted octanol–water partition coefficient (Wildman–Crippen LogP) is 1.80. The third-order valence-electron chi connectivity index (χ3n) is 4.10. The van der Waals surface area contributed by atoms with E-state index < -0.39 is 0 Å². The zero-order valence-corrected chi connectivity index (χ0v) is 13.4. The quantitative estimate of drug-likeness (QED) is 0.936. The van der Waals surface area contributed by atoms with Crippen LogP contribution in [0.5, 0.6) is 0 Å². The summed E-state index contributed by atoms with van der Waals surface area (Å²) < 4.78 is 1.97. The molecule has 1 aromatic carbocycles. The fourth-order valence-corrected chi connectivity index (χ4v) is 2.87. The first-order valence-electron chi connectivity index (χ1n) is 8.03. The van der Waals surface area contributed by atoms with Crippen molar-refractivity contribution in [1.82, 2.24) is 19.8 Å². The molecule has 0 spiro atoms. The molecule has 2 amide bonds. The highest BCUT2D eigenvalue weighted by Crippen LogP contribution is 2.15. The number of hydrogen-bond acceptors (Lipinski definition) is 3. The molecule has 0 bridgehead atoms. The second-order valence-electron chi connectivity index (χ2n) is 5.92. The second-order valence-corrected chi connectivity index (χ2v) is 5.92. The molecular weight excluding hydrogens is 290 g/mol. The number of carbonyl (C=O) groups is 1. The van der Waals surface area contributed by atoms with Crippen LogP contribution in [-0.4, -0.2) is 52.7 Å². The van der Waals surface area contributed by atoms with E-state index in [0.29, 0.717) is 0 Å². The zero-order valence-electron chi connectivity index (χ0n) is 13.4. The summed E-state index contributed by atoms with van der Waals surface area (Å²) in [5.74, 6) is 0. The van der Waals surface area contributed by atoms with Crippen molar-refractivity contribution in [3.05, 3.63) is 49.1 Å². The van der Waals surface area contributed by atoms with Crippen LogP contribution in [0.2, 0.25) is 0 Å². The van der Waals surface area contributed by atoms with Gasteiger partial charge in [-0.15, -0.1) is 0 Å². The molecule has 3 rings (SSSR count). The van der Waals surface area contributed by atoms with Crippen molar-refractivity contribution >= 4 is 11.7 Å². The van der Waals surface area contributed by atoms with E-state index in [2.05, 4.69) is 27.3 Å². The minimum absolute atomic E-state index is 0.0188. The fraction of sp³-hybridized carbons (Fsp3) is 0.412. The standard InChI is InChI=1S/C17H23N5O/c1-15(13-20-8-7-18-14-20)19-17(23)22-11-9-21(10-12-22)16-5-3-2-4-6-16/h2-8,14-15H,9-13H2,1H3,(H,19,23). The Kier molecular flexibility index (Phi) is 4.80. The number of imidazole rings is 1. The van der Waals surface area contributed by atoms with Crippen LogP contribution in [0.15, 0.2) is 49.1 Å². The van der Waals surface area contributed by atoms with E-state index in [9.17, 15) is 4.79 Å². The summed E-state index contributed by atoms with van der Waals surface area (Å²) in [5.41, 5.74) is 1.22. The van der Waals surface area contributed by atoms with E-state index in [1.165, 1.54) is 5.69 Å². The van der Waals surface area contributed by atoms with Crippen molar-refractivity contribution in [1.29, 1.82) is 0 Å². The lowest BCUT2D eigenvalue weighted by Gasteiger charge is -2.36. The SMILES string of the molecule is CC(Cn1ccnc1)NC(=O)N1CCN(c2ccccc2)CC1. The monoisotopic (exact) mass is 313 g/mol. The van der Waals surface area contributed by atoms with E-state index in [1.54, 1.807) is 12.5 Å². The summed E-state index contributed by atoms with van der Waals surface area (Å²) in [4.78, 5) is 20.6. The molecule has 1 fully saturated rings. The number of aromatic nitrogens is 2. The van der Waals surface area contributed by atoms with Gasteiger partial charge in [-0.1, -0.05) is 18.2 Å². The van der Waals surface area contributed by atoms with Crippen LogP contribution >= 0.6 is 0 Å². The largest absolute Gasteiger partial charge is 0.368 e. The van der Waals surface area contributed by atoms with Gasteiger partial charge in [0.2, 0.25) is 0 Å². The van der Waals surface area contributed by atoms with Gasteiger partial charge in [0, 0.05) is 56.8 Å². The van der Waals surface area contributed by atoms with E-state index in [1.807, 2.05) is 40.8 Å². The van der Waals surface area contributed by atoms with Crippen molar-refractivity contribution < 1.29 is 4.79 Å². The molecule has 0 radical (unpaired) electrons. The third kappa shape index (κ3) is 4.03. The van der Waals surface area contributed by atoms with E-state index >= 15 is 0 Å². The van der Waals surface area contributed by atoms with Crippen LogP contribution in [0.4, 0.5) is 10.5 Å². The molecule has 6 nitrogen and oxygen atoms in total. The Morgan fingerprint density at radius 3 is 2.61 bits per heavy atom. The van der Waals surface area contributed by atoms with Gasteiger partial charge in [-0.25, -0.2) is 9.78 Å². The summed E-state index contributed by atoms with van der Waals surface area (Å²) in [6.45, 7) is 5.98. The van der Waals surface area contributed by atoms with E-state index in [0.717, 1.165) is 32.7 Å². The minimum atomic E-state index is 0.0188. The predicted molar refractivity (Wildman–Crippen MR) is 90.4 cm³/mol. The molecule has 1 saturated heterocycles. The summed E-state index contributed by atoms with van der Waals surface area (Å²) in [5, 5.41) is 3.06. The molecule has 6 heteroatoms. The van der Waals surface area contributed by atoms with Gasteiger partial charge < -0.3 is 19.7 Å². The highest BCUT2D eigenvalue weighted by atomic mass is 16.2. The fourth-order valence-electron chi connectivity index (χ4n) is 2.87. The Balaban J connectivity index is 1.46. The molecule has 2 heterocycles. The number of nitrogens with zero attached hydrogens (tertiary/aromatic N) is 4. The Hall–Kier alpha value is -2.50. The Labute approximate surface area is 136 Å². The van der Waals surface area contributed by atoms with Gasteiger partial charge in [0.05, 0.1) is 6.33 Å². The number of nitrogens with one attached hydrogen (secondary N) is 1. The molecule has 0 saturated carbocycles. The molecule has 1 aliphatic heterocycles. The van der Waals surface area contributed by atoms with Crippen molar-refractivity contribution in [2.75, 3.05) is 31.1 Å². The molecule has 1 atom stereocenters. The van der Waals surface area contributed by atoms with Gasteiger partial charge in [0.1, 0.15) is 0 Å². The molecule has 0 aliphatic carbocycles. The first-order valence-corrected chi connectivity index (χ1v) is 8.03. The number of piperazine rings is 1. The maximum atomic E-state index is 12.4. The van der Waals surface area contributed by atoms with E-state index in [4.69, 9.17) is 0 Å². The maximum Gasteiger partial charge on any atom is 0.317 e. The number of carbonyl (C=O) groups excluding carboxylic acids is 1. The highest BCUT2D eigenvalue weighted by Gasteiger charge is 2.22. The number of benzene rings is 1. The zero-order chi connectivity index (χ0) is 16.1. The lowest BCUT2D eigenvalue weighted by Crippen LogP contribution is -2.53. The van der Waals surface area contributed by atoms with Crippen LogP contribution in [0.1, 0.15) is 6.92 Å². The number of rotatable bonds is 4. The number of anilines is 1. The number of urea groups is 1. The topological polar surface area (TPSA) is 53.4 Å². The van der Waals surface area contributed by atoms with Crippen molar-refractivity contribution in [2.24, 2.45) is 0 Å². The molecule has 23 heavy (non-hydrogen) atoms. The second kappa shape index (κ2) is 7.17. The first kappa shape index (κ1) is 15.4. The van der Waals surface area contributed by atoms with Crippen LogP contribution < -0.4 is 10.2 Å². The normalized spacial score (nSPS) is 16.2. The Bertz CT molecular complexity index is 605. The number of para-hydroxylation sites is 1. The van der Waals surface area contributed by atoms with E-state index in [-0.39, 0.29) is 12.1 Å². The molecule has 1 aromatic heterocycles. The Morgan fingerprint density at radius 2 is 1.96 bits per heavy atom. The van der Waals surface area contributed by atoms with Crippen molar-refractivity contribution in [3.8, 4) is 0 Å². The molecule has 2 aromatic rings. The number of amides is 2. The first-order chi connectivity index (χ1) is 11.2. The smallest absolute Gasteiger partial charge is 0.317 e. The Morgan fingerprint density at radius 1 is 1.22 bits per heavy atom.